The molecule has 0 bridgehead atoms. The number of hydrogen-bond acceptors (Lipinski definition) is 1. The molecule has 130 valence electrons. The van der Waals surface area contributed by atoms with E-state index in [9.17, 15) is 0 Å². The summed E-state index contributed by atoms with van der Waals surface area (Å²) >= 11 is 6.21. The second-order valence-corrected chi connectivity index (χ2v) is 7.91. The summed E-state index contributed by atoms with van der Waals surface area (Å²) < 4.78 is 0. The highest BCUT2D eigenvalue weighted by Gasteiger charge is 2.25. The van der Waals surface area contributed by atoms with Gasteiger partial charge in [0, 0.05) is 22.9 Å². The van der Waals surface area contributed by atoms with Crippen molar-refractivity contribution in [3.8, 4) is 11.1 Å². The molecule has 3 aromatic carbocycles. The van der Waals surface area contributed by atoms with Crippen molar-refractivity contribution in [2.24, 2.45) is 0 Å². The molecule has 2 heteroatoms. The third-order valence-electron chi connectivity index (χ3n) is 5.59. The minimum absolute atomic E-state index is 0.786. The molecule has 0 spiro atoms. The normalized spacial score (nSPS) is 16.4. The Kier molecular flexibility index (Phi) is 3.98. The summed E-state index contributed by atoms with van der Waals surface area (Å²) in [4.78, 5) is 2.50. The topological polar surface area (TPSA) is 3.24 Å². The SMILES string of the molecule is Clc1cccc(-c2ccc3c(c2)N(c2cccc(C4CC4)c2)CCC3)c1. The maximum Gasteiger partial charge on any atom is 0.0449 e. The van der Waals surface area contributed by atoms with Gasteiger partial charge in [-0.15, -0.1) is 0 Å². The predicted octanol–water partition coefficient (Wildman–Crippen LogP) is 6.97. The quantitative estimate of drug-likeness (QED) is 0.488. The third kappa shape index (κ3) is 3.01. The van der Waals surface area contributed by atoms with Crippen LogP contribution in [0.2, 0.25) is 5.02 Å². The van der Waals surface area contributed by atoms with Crippen molar-refractivity contribution in [3.05, 3.63) is 82.9 Å². The fraction of sp³-hybridized carbons (Fsp3) is 0.250. The predicted molar refractivity (Wildman–Crippen MR) is 111 cm³/mol. The molecule has 0 aromatic heterocycles. The summed E-state index contributed by atoms with van der Waals surface area (Å²) in [5, 5.41) is 0.786. The number of anilines is 2. The molecule has 0 radical (unpaired) electrons. The first kappa shape index (κ1) is 16.0. The maximum absolute atomic E-state index is 6.21. The smallest absolute Gasteiger partial charge is 0.0449 e. The highest BCUT2D eigenvalue weighted by atomic mass is 35.5. The van der Waals surface area contributed by atoms with Gasteiger partial charge in [-0.25, -0.2) is 0 Å². The first-order valence-corrected chi connectivity index (χ1v) is 9.92. The fourth-order valence-electron chi connectivity index (χ4n) is 4.05. The van der Waals surface area contributed by atoms with Crippen LogP contribution in [0.3, 0.4) is 0 Å². The van der Waals surface area contributed by atoms with E-state index in [-0.39, 0.29) is 0 Å². The Morgan fingerprint density at radius 1 is 0.846 bits per heavy atom. The van der Waals surface area contributed by atoms with E-state index in [0.29, 0.717) is 0 Å². The van der Waals surface area contributed by atoms with Gasteiger partial charge in [0.15, 0.2) is 0 Å². The first-order chi connectivity index (χ1) is 12.8. The summed E-state index contributed by atoms with van der Waals surface area (Å²) in [6, 6.07) is 24.2. The minimum Gasteiger partial charge on any atom is -0.341 e. The monoisotopic (exact) mass is 359 g/mol. The van der Waals surface area contributed by atoms with Gasteiger partial charge in [-0.05, 0) is 84.2 Å². The van der Waals surface area contributed by atoms with Gasteiger partial charge in [0.25, 0.3) is 0 Å². The lowest BCUT2D eigenvalue weighted by Gasteiger charge is -2.32. The fourth-order valence-corrected chi connectivity index (χ4v) is 4.24. The molecule has 1 fully saturated rings. The van der Waals surface area contributed by atoms with Gasteiger partial charge in [0.2, 0.25) is 0 Å². The zero-order chi connectivity index (χ0) is 17.5. The molecule has 0 unspecified atom stereocenters. The van der Waals surface area contributed by atoms with E-state index in [1.54, 1.807) is 0 Å². The maximum atomic E-state index is 6.21. The number of aryl methyl sites for hydroxylation is 1. The molecule has 0 atom stereocenters. The van der Waals surface area contributed by atoms with Gasteiger partial charge in [-0.3, -0.25) is 0 Å². The van der Waals surface area contributed by atoms with Crippen molar-refractivity contribution < 1.29 is 0 Å². The van der Waals surface area contributed by atoms with Crippen molar-refractivity contribution in [3.63, 3.8) is 0 Å². The molecular weight excluding hydrogens is 338 g/mol. The molecule has 0 amide bonds. The standard InChI is InChI=1S/C24H22ClN/c25-22-7-1-4-19(14-22)21-12-11-18-6-3-13-26(24(18)16-21)23-8-2-5-20(15-23)17-9-10-17/h1-2,4-5,7-8,11-12,14-17H,3,6,9-10,13H2. The second-order valence-electron chi connectivity index (χ2n) is 7.48. The lowest BCUT2D eigenvalue weighted by atomic mass is 9.96. The first-order valence-electron chi connectivity index (χ1n) is 9.54. The molecule has 1 nitrogen and oxygen atoms in total. The van der Waals surface area contributed by atoms with Gasteiger partial charge in [0.1, 0.15) is 0 Å². The van der Waals surface area contributed by atoms with Crippen LogP contribution >= 0.6 is 11.6 Å². The van der Waals surface area contributed by atoms with Gasteiger partial charge in [-0.2, -0.15) is 0 Å². The van der Waals surface area contributed by atoms with Gasteiger partial charge in [-0.1, -0.05) is 48.0 Å². The number of halogens is 1. The molecule has 26 heavy (non-hydrogen) atoms. The largest absolute Gasteiger partial charge is 0.341 e. The molecule has 1 aliphatic heterocycles. The van der Waals surface area contributed by atoms with E-state index >= 15 is 0 Å². The minimum atomic E-state index is 0.786. The highest BCUT2D eigenvalue weighted by Crippen LogP contribution is 2.43. The molecule has 1 aliphatic carbocycles. The average Bonchev–Trinajstić information content (AvgIpc) is 3.52. The highest BCUT2D eigenvalue weighted by molar-refractivity contribution is 6.30. The van der Waals surface area contributed by atoms with Crippen LogP contribution in [0.5, 0.6) is 0 Å². The zero-order valence-corrected chi connectivity index (χ0v) is 15.5. The Morgan fingerprint density at radius 2 is 1.69 bits per heavy atom. The summed E-state index contributed by atoms with van der Waals surface area (Å²) in [6.07, 6.45) is 5.05. The van der Waals surface area contributed by atoms with E-state index < -0.39 is 0 Å². The number of benzene rings is 3. The van der Waals surface area contributed by atoms with Crippen LogP contribution in [0.25, 0.3) is 11.1 Å². The van der Waals surface area contributed by atoms with Crippen LogP contribution in [0.1, 0.15) is 36.3 Å². The van der Waals surface area contributed by atoms with Gasteiger partial charge in [0.05, 0.1) is 0 Å². The Labute approximate surface area is 160 Å². The van der Waals surface area contributed by atoms with E-state index in [4.69, 9.17) is 11.6 Å². The second kappa shape index (κ2) is 6.48. The van der Waals surface area contributed by atoms with E-state index in [1.165, 1.54) is 52.9 Å². The van der Waals surface area contributed by atoms with Crippen molar-refractivity contribution in [1.82, 2.24) is 0 Å². The molecule has 1 saturated carbocycles. The number of nitrogens with zero attached hydrogens (tertiary/aromatic N) is 1. The molecule has 1 heterocycles. The Bertz CT molecular complexity index is 958. The van der Waals surface area contributed by atoms with Crippen molar-refractivity contribution in [2.45, 2.75) is 31.6 Å². The molecule has 0 N–H and O–H groups in total. The van der Waals surface area contributed by atoms with Gasteiger partial charge >= 0.3 is 0 Å². The number of rotatable bonds is 3. The van der Waals surface area contributed by atoms with Crippen LogP contribution in [-0.2, 0) is 6.42 Å². The van der Waals surface area contributed by atoms with Crippen molar-refractivity contribution in [2.75, 3.05) is 11.4 Å². The molecule has 3 aromatic rings. The Morgan fingerprint density at radius 3 is 2.54 bits per heavy atom. The van der Waals surface area contributed by atoms with Crippen LogP contribution < -0.4 is 4.90 Å². The van der Waals surface area contributed by atoms with E-state index in [2.05, 4.69) is 53.4 Å². The Hall–Kier alpha value is -2.25. The molecule has 0 saturated heterocycles. The van der Waals surface area contributed by atoms with Crippen LogP contribution in [0.15, 0.2) is 66.7 Å². The zero-order valence-electron chi connectivity index (χ0n) is 14.8. The summed E-state index contributed by atoms with van der Waals surface area (Å²) in [5.74, 6) is 0.789. The lowest BCUT2D eigenvalue weighted by molar-refractivity contribution is 0.766. The average molecular weight is 360 g/mol. The van der Waals surface area contributed by atoms with E-state index in [0.717, 1.165) is 23.9 Å². The van der Waals surface area contributed by atoms with Crippen LogP contribution in [0.4, 0.5) is 11.4 Å². The lowest BCUT2D eigenvalue weighted by Crippen LogP contribution is -2.24. The van der Waals surface area contributed by atoms with E-state index in [1.807, 2.05) is 18.2 Å². The number of hydrogen-bond donors (Lipinski definition) is 0. The van der Waals surface area contributed by atoms with Crippen LogP contribution in [-0.4, -0.2) is 6.54 Å². The van der Waals surface area contributed by atoms with Crippen molar-refractivity contribution in [1.29, 1.82) is 0 Å². The Balaban J connectivity index is 1.57. The third-order valence-corrected chi connectivity index (χ3v) is 5.83. The summed E-state index contributed by atoms with van der Waals surface area (Å²) in [5.41, 5.74) is 8.04. The molecule has 5 rings (SSSR count). The van der Waals surface area contributed by atoms with Crippen molar-refractivity contribution >= 4 is 23.0 Å². The van der Waals surface area contributed by atoms with Crippen LogP contribution in [0, 0.1) is 0 Å². The van der Waals surface area contributed by atoms with Gasteiger partial charge < -0.3 is 4.90 Å². The summed E-state index contributed by atoms with van der Waals surface area (Å²) in [6.45, 7) is 1.08. The number of fused-ring (bicyclic) bond motifs is 1. The molecular formula is C24H22ClN. The summed E-state index contributed by atoms with van der Waals surface area (Å²) in [7, 11) is 0. The molecule has 2 aliphatic rings.